The van der Waals surface area contributed by atoms with Crippen LogP contribution in [0.2, 0.25) is 0 Å². The maximum absolute atomic E-state index is 13.4. The Balaban J connectivity index is 2.39. The number of sulfonamides is 1. The Labute approximate surface area is 125 Å². The molecule has 0 spiro atoms. The third-order valence-corrected chi connectivity index (χ3v) is 5.72. The summed E-state index contributed by atoms with van der Waals surface area (Å²) in [5, 5.41) is 9.82. The Morgan fingerprint density at radius 1 is 1.43 bits per heavy atom. The fraction of sp³-hybridized carbons (Fsp3) is 0.571. The number of likely N-dealkylation sites (N-methyl/N-ethyl adjacent to an activating group) is 1. The Hall–Kier alpha value is -1.02. The molecule has 1 aliphatic heterocycles. The fourth-order valence-corrected chi connectivity index (χ4v) is 4.63. The Morgan fingerprint density at radius 2 is 2.10 bits per heavy atom. The van der Waals surface area contributed by atoms with E-state index in [2.05, 4.69) is 0 Å². The normalized spacial score (nSPS) is 23.9. The van der Waals surface area contributed by atoms with Gasteiger partial charge in [-0.2, -0.15) is 4.31 Å². The highest BCUT2D eigenvalue weighted by atomic mass is 32.2. The number of halogens is 1. The summed E-state index contributed by atoms with van der Waals surface area (Å²) in [4.78, 5) is 1.85. The third-order valence-electron chi connectivity index (χ3n) is 3.65. The predicted octanol–water partition coefficient (Wildman–Crippen LogP) is 0.820. The second-order valence-corrected chi connectivity index (χ2v) is 7.65. The summed E-state index contributed by atoms with van der Waals surface area (Å²) in [6.45, 7) is 2.21. The van der Waals surface area contributed by atoms with Gasteiger partial charge in [0.25, 0.3) is 0 Å². The van der Waals surface area contributed by atoms with Crippen molar-refractivity contribution in [1.29, 1.82) is 0 Å². The summed E-state index contributed by atoms with van der Waals surface area (Å²) in [5.41, 5.74) is 0.501. The molecule has 1 aromatic rings. The lowest BCUT2D eigenvalue weighted by Crippen LogP contribution is -2.41. The molecule has 2 rings (SSSR count). The first-order chi connectivity index (χ1) is 9.71. The summed E-state index contributed by atoms with van der Waals surface area (Å²) >= 11 is 0. The SMILES string of the molecule is Cc1ccc(F)cc1S(=O)(=O)N1CC(O)CC1CN(C)C. The topological polar surface area (TPSA) is 60.9 Å². The van der Waals surface area contributed by atoms with Crippen molar-refractivity contribution in [1.82, 2.24) is 9.21 Å². The van der Waals surface area contributed by atoms with Gasteiger partial charge >= 0.3 is 0 Å². The molecule has 1 N–H and O–H groups in total. The molecule has 1 fully saturated rings. The zero-order valence-electron chi connectivity index (χ0n) is 12.5. The zero-order chi connectivity index (χ0) is 15.8. The molecule has 2 atom stereocenters. The van der Waals surface area contributed by atoms with Crippen molar-refractivity contribution in [3.63, 3.8) is 0 Å². The van der Waals surface area contributed by atoms with Crippen LogP contribution in [-0.4, -0.2) is 62.1 Å². The molecular formula is C14H21FN2O3S. The summed E-state index contributed by atoms with van der Waals surface area (Å²) < 4.78 is 40.2. The first-order valence-electron chi connectivity index (χ1n) is 6.82. The van der Waals surface area contributed by atoms with E-state index in [1.807, 2.05) is 19.0 Å². The van der Waals surface area contributed by atoms with Crippen LogP contribution < -0.4 is 0 Å². The van der Waals surface area contributed by atoms with Crippen LogP contribution in [0.1, 0.15) is 12.0 Å². The van der Waals surface area contributed by atoms with Crippen molar-refractivity contribution in [3.8, 4) is 0 Å². The van der Waals surface area contributed by atoms with Gasteiger partial charge in [-0.05, 0) is 45.1 Å². The molecule has 21 heavy (non-hydrogen) atoms. The molecule has 0 aromatic heterocycles. The van der Waals surface area contributed by atoms with E-state index in [9.17, 15) is 17.9 Å². The van der Waals surface area contributed by atoms with Crippen molar-refractivity contribution in [3.05, 3.63) is 29.6 Å². The molecule has 0 amide bonds. The Morgan fingerprint density at radius 3 is 2.71 bits per heavy atom. The van der Waals surface area contributed by atoms with Crippen LogP contribution in [0.4, 0.5) is 4.39 Å². The average molecular weight is 316 g/mol. The summed E-state index contributed by atoms with van der Waals surface area (Å²) in [6, 6.07) is 3.44. The smallest absolute Gasteiger partial charge is 0.243 e. The second kappa shape index (κ2) is 6.00. The largest absolute Gasteiger partial charge is 0.392 e. The second-order valence-electron chi connectivity index (χ2n) is 5.79. The molecule has 0 radical (unpaired) electrons. The fourth-order valence-electron chi connectivity index (χ4n) is 2.72. The van der Waals surface area contributed by atoms with Crippen molar-refractivity contribution in [2.24, 2.45) is 0 Å². The lowest BCUT2D eigenvalue weighted by atomic mass is 10.2. The van der Waals surface area contributed by atoms with Crippen LogP contribution in [0.15, 0.2) is 23.1 Å². The number of aliphatic hydroxyl groups excluding tert-OH is 1. The molecular weight excluding hydrogens is 295 g/mol. The summed E-state index contributed by atoms with van der Waals surface area (Å²) in [7, 11) is -0.113. The van der Waals surface area contributed by atoms with Crippen molar-refractivity contribution in [2.45, 2.75) is 30.4 Å². The highest BCUT2D eigenvalue weighted by Gasteiger charge is 2.40. The van der Waals surface area contributed by atoms with E-state index >= 15 is 0 Å². The maximum atomic E-state index is 13.4. The number of nitrogens with zero attached hydrogens (tertiary/aromatic N) is 2. The molecule has 7 heteroatoms. The minimum atomic E-state index is -3.81. The van der Waals surface area contributed by atoms with E-state index in [-0.39, 0.29) is 17.5 Å². The number of aryl methyl sites for hydroxylation is 1. The van der Waals surface area contributed by atoms with E-state index in [4.69, 9.17) is 0 Å². The molecule has 1 heterocycles. The first-order valence-corrected chi connectivity index (χ1v) is 8.26. The maximum Gasteiger partial charge on any atom is 0.243 e. The minimum Gasteiger partial charge on any atom is -0.392 e. The number of benzene rings is 1. The Kier molecular flexibility index (Phi) is 4.67. The Bertz CT molecular complexity index is 619. The molecule has 0 aliphatic carbocycles. The van der Waals surface area contributed by atoms with Crippen molar-refractivity contribution in [2.75, 3.05) is 27.2 Å². The van der Waals surface area contributed by atoms with Gasteiger partial charge in [-0.25, -0.2) is 12.8 Å². The van der Waals surface area contributed by atoms with Gasteiger partial charge < -0.3 is 10.0 Å². The lowest BCUT2D eigenvalue weighted by molar-refractivity contribution is 0.188. The molecule has 118 valence electrons. The standard InChI is InChI=1S/C14H21FN2O3S/c1-10-4-5-11(15)6-14(10)21(19,20)17-9-13(18)7-12(17)8-16(2)3/h4-6,12-13,18H,7-9H2,1-3H3. The van der Waals surface area contributed by atoms with Gasteiger partial charge in [0.1, 0.15) is 5.82 Å². The van der Waals surface area contributed by atoms with Crippen molar-refractivity contribution < 1.29 is 17.9 Å². The lowest BCUT2D eigenvalue weighted by Gasteiger charge is -2.26. The number of aliphatic hydroxyl groups is 1. The van der Waals surface area contributed by atoms with Gasteiger partial charge in [-0.1, -0.05) is 6.07 Å². The van der Waals surface area contributed by atoms with E-state index in [1.54, 1.807) is 6.92 Å². The van der Waals surface area contributed by atoms with Crippen LogP contribution >= 0.6 is 0 Å². The molecule has 1 saturated heterocycles. The number of rotatable bonds is 4. The van der Waals surface area contributed by atoms with E-state index in [0.29, 0.717) is 18.5 Å². The minimum absolute atomic E-state index is 0.0274. The highest BCUT2D eigenvalue weighted by Crippen LogP contribution is 2.28. The van der Waals surface area contributed by atoms with Gasteiger partial charge in [-0.15, -0.1) is 0 Å². The predicted molar refractivity (Wildman–Crippen MR) is 78.0 cm³/mol. The number of hydrogen-bond acceptors (Lipinski definition) is 4. The molecule has 0 saturated carbocycles. The molecule has 2 unspecified atom stereocenters. The van der Waals surface area contributed by atoms with E-state index < -0.39 is 21.9 Å². The van der Waals surface area contributed by atoms with Gasteiger partial charge in [0.05, 0.1) is 11.0 Å². The van der Waals surface area contributed by atoms with E-state index in [1.165, 1.54) is 16.4 Å². The van der Waals surface area contributed by atoms with Crippen molar-refractivity contribution >= 4 is 10.0 Å². The van der Waals surface area contributed by atoms with Crippen LogP contribution in [0.5, 0.6) is 0 Å². The van der Waals surface area contributed by atoms with Crippen LogP contribution in [-0.2, 0) is 10.0 Å². The van der Waals surface area contributed by atoms with E-state index in [0.717, 1.165) is 6.07 Å². The highest BCUT2D eigenvalue weighted by molar-refractivity contribution is 7.89. The van der Waals surface area contributed by atoms with Gasteiger partial charge in [0, 0.05) is 19.1 Å². The average Bonchev–Trinajstić information content (AvgIpc) is 2.73. The first kappa shape index (κ1) is 16.4. The van der Waals surface area contributed by atoms with Crippen LogP contribution in [0.3, 0.4) is 0 Å². The molecule has 0 bridgehead atoms. The molecule has 5 nitrogen and oxygen atoms in total. The summed E-state index contributed by atoms with van der Waals surface area (Å²) in [5.74, 6) is -0.580. The van der Waals surface area contributed by atoms with Gasteiger partial charge in [0.15, 0.2) is 0 Å². The number of β-amino-alcohol motifs (C(OH)–C–C–N with tert-alkyl or cyclic N) is 1. The monoisotopic (exact) mass is 316 g/mol. The summed E-state index contributed by atoms with van der Waals surface area (Å²) in [6.07, 6.45) is -0.287. The number of hydrogen-bond donors (Lipinski definition) is 1. The van der Waals surface area contributed by atoms with Gasteiger partial charge in [-0.3, -0.25) is 0 Å². The zero-order valence-corrected chi connectivity index (χ0v) is 13.3. The third kappa shape index (κ3) is 3.42. The van der Waals surface area contributed by atoms with Crippen LogP contribution in [0.25, 0.3) is 0 Å². The van der Waals surface area contributed by atoms with Gasteiger partial charge in [0.2, 0.25) is 10.0 Å². The molecule has 1 aromatic carbocycles. The quantitative estimate of drug-likeness (QED) is 0.893. The van der Waals surface area contributed by atoms with Crippen LogP contribution in [0, 0.1) is 12.7 Å². The molecule has 1 aliphatic rings.